The van der Waals surface area contributed by atoms with Gasteiger partial charge in [0.25, 0.3) is 5.91 Å². The number of aromatic nitrogens is 2. The van der Waals surface area contributed by atoms with Crippen LogP contribution >= 0.6 is 11.6 Å². The molecule has 0 radical (unpaired) electrons. The van der Waals surface area contributed by atoms with E-state index >= 15 is 0 Å². The maximum Gasteiger partial charge on any atom is 0.250 e. The van der Waals surface area contributed by atoms with Gasteiger partial charge >= 0.3 is 0 Å². The summed E-state index contributed by atoms with van der Waals surface area (Å²) in [5.74, 6) is -0.0939. The summed E-state index contributed by atoms with van der Waals surface area (Å²) in [4.78, 5) is 16.1. The number of primary amides is 1. The first kappa shape index (κ1) is 14.7. The number of halogens is 1. The molecule has 0 spiro atoms. The number of hydrogen-bond acceptors (Lipinski definition) is 3. The average Bonchev–Trinajstić information content (AvgIpc) is 2.82. The first-order valence-electron chi connectivity index (χ1n) is 6.97. The second-order valence-corrected chi connectivity index (χ2v) is 5.97. The van der Waals surface area contributed by atoms with Crippen LogP contribution in [0.15, 0.2) is 35.9 Å². The summed E-state index contributed by atoms with van der Waals surface area (Å²) in [6.45, 7) is 3.91. The standard InChI is InChI=1S/C16H16ClN3O2/c1-8-3-4-13(21)9(2)14(8)20-7-12(15(18)22)11-5-10(17)6-19-16(11)20/h4-8,21H,3H2,1-2H3,(H2,18,22)/t8-/m1/s1. The number of nitrogens with two attached hydrogens (primary N) is 1. The molecule has 0 saturated carbocycles. The number of pyridine rings is 1. The highest BCUT2D eigenvalue weighted by Gasteiger charge is 2.24. The van der Waals surface area contributed by atoms with Crippen LogP contribution in [0.1, 0.15) is 30.6 Å². The lowest BCUT2D eigenvalue weighted by Gasteiger charge is -2.23. The smallest absolute Gasteiger partial charge is 0.250 e. The minimum atomic E-state index is -0.533. The lowest BCUT2D eigenvalue weighted by Crippen LogP contribution is -2.13. The van der Waals surface area contributed by atoms with Crippen molar-refractivity contribution in [2.75, 3.05) is 0 Å². The fourth-order valence-electron chi connectivity index (χ4n) is 2.93. The Morgan fingerprint density at radius 3 is 2.95 bits per heavy atom. The number of amides is 1. The van der Waals surface area contributed by atoms with Crippen molar-refractivity contribution < 1.29 is 9.90 Å². The maximum atomic E-state index is 11.7. The Morgan fingerprint density at radius 2 is 2.27 bits per heavy atom. The van der Waals surface area contributed by atoms with E-state index in [4.69, 9.17) is 17.3 Å². The Kier molecular flexibility index (Phi) is 3.45. The molecule has 2 aromatic rings. The topological polar surface area (TPSA) is 81.1 Å². The molecule has 2 aromatic heterocycles. The zero-order valence-corrected chi connectivity index (χ0v) is 13.1. The Morgan fingerprint density at radius 1 is 1.55 bits per heavy atom. The minimum absolute atomic E-state index is 0.185. The van der Waals surface area contributed by atoms with Gasteiger partial charge in [-0.15, -0.1) is 0 Å². The summed E-state index contributed by atoms with van der Waals surface area (Å²) in [5.41, 5.74) is 8.12. The van der Waals surface area contributed by atoms with Gasteiger partial charge in [0.15, 0.2) is 0 Å². The predicted molar refractivity (Wildman–Crippen MR) is 86.6 cm³/mol. The third-order valence-electron chi connectivity index (χ3n) is 4.03. The quantitative estimate of drug-likeness (QED) is 0.889. The molecule has 0 fully saturated rings. The van der Waals surface area contributed by atoms with E-state index in [0.29, 0.717) is 21.6 Å². The molecule has 1 atom stereocenters. The predicted octanol–water partition coefficient (Wildman–Crippen LogP) is 3.50. The van der Waals surface area contributed by atoms with Crippen molar-refractivity contribution in [1.29, 1.82) is 0 Å². The number of hydrogen-bond donors (Lipinski definition) is 2. The second kappa shape index (κ2) is 5.18. The van der Waals surface area contributed by atoms with Gasteiger partial charge in [-0.25, -0.2) is 4.98 Å². The average molecular weight is 318 g/mol. The number of carbonyl (C=O) groups is 1. The van der Waals surface area contributed by atoms with E-state index in [9.17, 15) is 9.90 Å². The van der Waals surface area contributed by atoms with Crippen LogP contribution in [0.25, 0.3) is 16.7 Å². The molecule has 3 rings (SSSR count). The summed E-state index contributed by atoms with van der Waals surface area (Å²) in [7, 11) is 0. The van der Waals surface area contributed by atoms with Gasteiger partial charge in [-0.1, -0.05) is 18.5 Å². The summed E-state index contributed by atoms with van der Waals surface area (Å²) in [6.07, 6.45) is 5.72. The van der Waals surface area contributed by atoms with Gasteiger partial charge in [0.1, 0.15) is 11.4 Å². The van der Waals surface area contributed by atoms with Crippen LogP contribution in [0.3, 0.4) is 0 Å². The normalized spacial score (nSPS) is 18.7. The Bertz CT molecular complexity index is 848. The number of fused-ring (bicyclic) bond motifs is 1. The van der Waals surface area contributed by atoms with Crippen molar-refractivity contribution in [1.82, 2.24) is 9.55 Å². The lowest BCUT2D eigenvalue weighted by molar-refractivity contribution is 0.100. The number of carbonyl (C=O) groups excluding carboxylic acids is 1. The monoisotopic (exact) mass is 317 g/mol. The zero-order valence-electron chi connectivity index (χ0n) is 12.3. The van der Waals surface area contributed by atoms with Crippen LogP contribution in [0.5, 0.6) is 0 Å². The fraction of sp³-hybridized carbons (Fsp3) is 0.250. The molecule has 1 aliphatic rings. The Labute approximate surface area is 132 Å². The Balaban J connectivity index is 2.35. The molecule has 114 valence electrons. The number of aliphatic hydroxyl groups is 1. The van der Waals surface area contributed by atoms with Gasteiger partial charge in [0.05, 0.1) is 10.6 Å². The van der Waals surface area contributed by atoms with Crippen LogP contribution < -0.4 is 5.73 Å². The zero-order chi connectivity index (χ0) is 16.0. The molecule has 1 amide bonds. The molecule has 2 heterocycles. The number of allylic oxidation sites excluding steroid dienone is 3. The summed E-state index contributed by atoms with van der Waals surface area (Å²) < 4.78 is 1.83. The number of aliphatic hydroxyl groups excluding tert-OH is 1. The van der Waals surface area contributed by atoms with Gasteiger partial charge in [0, 0.05) is 35.0 Å². The van der Waals surface area contributed by atoms with E-state index in [-0.39, 0.29) is 11.7 Å². The SMILES string of the molecule is CC1=C(n2cc(C(N)=O)c3cc(Cl)cnc32)[C@H](C)CC=C1O. The third-order valence-corrected chi connectivity index (χ3v) is 4.24. The molecule has 0 saturated heterocycles. The van der Waals surface area contributed by atoms with Crippen molar-refractivity contribution in [3.63, 3.8) is 0 Å². The van der Waals surface area contributed by atoms with Gasteiger partial charge in [-0.2, -0.15) is 0 Å². The van der Waals surface area contributed by atoms with Crippen LogP contribution in [-0.4, -0.2) is 20.6 Å². The van der Waals surface area contributed by atoms with Crippen molar-refractivity contribution in [3.8, 4) is 0 Å². The molecular weight excluding hydrogens is 302 g/mol. The summed E-state index contributed by atoms with van der Waals surface area (Å²) in [5, 5.41) is 11.1. The molecular formula is C16H16ClN3O2. The highest BCUT2D eigenvalue weighted by Crippen LogP contribution is 2.35. The highest BCUT2D eigenvalue weighted by atomic mass is 35.5. The van der Waals surface area contributed by atoms with E-state index in [1.807, 2.05) is 11.5 Å². The first-order valence-corrected chi connectivity index (χ1v) is 7.35. The number of rotatable bonds is 2. The van der Waals surface area contributed by atoms with Gasteiger partial charge < -0.3 is 15.4 Å². The molecule has 6 heteroatoms. The molecule has 1 aliphatic carbocycles. The molecule has 5 nitrogen and oxygen atoms in total. The second-order valence-electron chi connectivity index (χ2n) is 5.54. The highest BCUT2D eigenvalue weighted by molar-refractivity contribution is 6.31. The Hall–Kier alpha value is -2.27. The van der Waals surface area contributed by atoms with Crippen molar-refractivity contribution in [3.05, 3.63) is 46.5 Å². The molecule has 22 heavy (non-hydrogen) atoms. The summed E-state index contributed by atoms with van der Waals surface area (Å²) >= 11 is 5.99. The first-order chi connectivity index (χ1) is 10.4. The van der Waals surface area contributed by atoms with E-state index in [2.05, 4.69) is 11.9 Å². The van der Waals surface area contributed by atoms with E-state index in [1.165, 1.54) is 6.20 Å². The van der Waals surface area contributed by atoms with Crippen molar-refractivity contribution >= 4 is 34.2 Å². The number of nitrogens with zero attached hydrogens (tertiary/aromatic N) is 2. The molecule has 0 bridgehead atoms. The van der Waals surface area contributed by atoms with E-state index in [0.717, 1.165) is 17.7 Å². The maximum absolute atomic E-state index is 11.7. The van der Waals surface area contributed by atoms with Gasteiger partial charge in [-0.05, 0) is 25.5 Å². The van der Waals surface area contributed by atoms with E-state index < -0.39 is 5.91 Å². The van der Waals surface area contributed by atoms with Crippen LogP contribution in [0.2, 0.25) is 5.02 Å². The van der Waals surface area contributed by atoms with Crippen molar-refractivity contribution in [2.45, 2.75) is 20.3 Å². The van der Waals surface area contributed by atoms with E-state index in [1.54, 1.807) is 18.3 Å². The lowest BCUT2D eigenvalue weighted by atomic mass is 9.93. The van der Waals surface area contributed by atoms with Crippen molar-refractivity contribution in [2.24, 2.45) is 11.7 Å². The molecule has 0 unspecified atom stereocenters. The summed E-state index contributed by atoms with van der Waals surface area (Å²) in [6, 6.07) is 1.68. The van der Waals surface area contributed by atoms with Crippen LogP contribution in [0, 0.1) is 5.92 Å². The molecule has 0 aliphatic heterocycles. The van der Waals surface area contributed by atoms with Gasteiger partial charge in [0.2, 0.25) is 0 Å². The fourth-order valence-corrected chi connectivity index (χ4v) is 3.09. The van der Waals surface area contributed by atoms with Gasteiger partial charge in [-0.3, -0.25) is 4.79 Å². The third kappa shape index (κ3) is 2.18. The van der Waals surface area contributed by atoms with Crippen LogP contribution in [-0.2, 0) is 0 Å². The minimum Gasteiger partial charge on any atom is -0.508 e. The largest absolute Gasteiger partial charge is 0.508 e. The molecule has 0 aromatic carbocycles. The molecule has 3 N–H and O–H groups in total. The van der Waals surface area contributed by atoms with Crippen LogP contribution in [0.4, 0.5) is 0 Å².